The van der Waals surface area contributed by atoms with Crippen LogP contribution in [0, 0.1) is 11.8 Å². The molecular formula is C90H76N2O8. The Morgan fingerprint density at radius 3 is 1.12 bits per heavy atom. The van der Waals surface area contributed by atoms with E-state index in [2.05, 4.69) is 210 Å². The lowest BCUT2D eigenvalue weighted by Gasteiger charge is -2.35. The summed E-state index contributed by atoms with van der Waals surface area (Å²) in [6.45, 7) is 0. The third kappa shape index (κ3) is 12.6. The molecule has 0 fully saturated rings. The van der Waals surface area contributed by atoms with Crippen LogP contribution in [0.5, 0.6) is 40.2 Å². The Hall–Kier alpha value is -12.3. The van der Waals surface area contributed by atoms with Gasteiger partial charge < -0.3 is 47.7 Å². The summed E-state index contributed by atoms with van der Waals surface area (Å²) >= 11 is 0. The molecule has 0 saturated carbocycles. The summed E-state index contributed by atoms with van der Waals surface area (Å²) in [5.41, 5.74) is 23.0. The van der Waals surface area contributed by atoms with Crippen LogP contribution in [0.3, 0.4) is 0 Å². The minimum absolute atomic E-state index is 0.482. The fraction of sp³-hybridized carbons (Fsp3) is 0.133. The molecule has 10 aromatic carbocycles. The Kier molecular flexibility index (Phi) is 18.7. The number of fused-ring (bicyclic) bond motifs is 9. The van der Waals surface area contributed by atoms with E-state index >= 15 is 0 Å². The van der Waals surface area contributed by atoms with Crippen LogP contribution in [0.25, 0.3) is 39.0 Å². The second-order valence-corrected chi connectivity index (χ2v) is 24.6. The lowest BCUT2D eigenvalue weighted by atomic mass is 9.68. The van der Waals surface area contributed by atoms with E-state index in [9.17, 15) is 0 Å². The number of anilines is 1. The predicted octanol–water partition coefficient (Wildman–Crippen LogP) is 19.8. The van der Waals surface area contributed by atoms with Crippen molar-refractivity contribution in [3.8, 4) is 63.2 Å². The number of ether oxygens (including phenoxy) is 8. The topological polar surface area (TPSA) is 80.3 Å². The Balaban J connectivity index is 1.03. The lowest BCUT2D eigenvalue weighted by molar-refractivity contribution is 0.311. The van der Waals surface area contributed by atoms with Crippen molar-refractivity contribution in [1.82, 2.24) is 4.90 Å². The molecule has 1 unspecified atom stereocenters. The van der Waals surface area contributed by atoms with Crippen LogP contribution >= 0.6 is 0 Å². The van der Waals surface area contributed by atoms with Crippen LogP contribution in [0.4, 0.5) is 5.69 Å². The molecular weight excluding hydrogens is 1240 g/mol. The number of allylic oxidation sites excluding steroid dienone is 9. The van der Waals surface area contributed by atoms with E-state index in [0.717, 1.165) is 130 Å². The number of benzene rings is 10. The van der Waals surface area contributed by atoms with Gasteiger partial charge in [0.15, 0.2) is 5.76 Å². The Bertz CT molecular complexity index is 4760. The average Bonchev–Trinajstić information content (AvgIpc) is 1.51. The van der Waals surface area contributed by atoms with Crippen molar-refractivity contribution < 1.29 is 37.9 Å². The van der Waals surface area contributed by atoms with Crippen molar-refractivity contribution in [3.05, 3.63) is 363 Å². The van der Waals surface area contributed by atoms with Gasteiger partial charge in [0.1, 0.15) is 40.2 Å². The molecule has 0 aliphatic heterocycles. The second kappa shape index (κ2) is 28.8. The zero-order valence-corrected chi connectivity index (χ0v) is 57.3. The minimum atomic E-state index is -0.782. The number of methoxy groups -OCH3 is 8. The first-order chi connectivity index (χ1) is 49.1. The summed E-state index contributed by atoms with van der Waals surface area (Å²) in [5.74, 6) is 12.6. The van der Waals surface area contributed by atoms with E-state index in [1.54, 1.807) is 56.9 Å². The van der Waals surface area contributed by atoms with Crippen LogP contribution < -0.4 is 38.1 Å². The van der Waals surface area contributed by atoms with Crippen LogP contribution in [0.2, 0.25) is 0 Å². The van der Waals surface area contributed by atoms with Gasteiger partial charge >= 0.3 is 0 Å². The van der Waals surface area contributed by atoms with E-state index in [1.165, 1.54) is 39.0 Å². The molecule has 14 rings (SSSR count). The van der Waals surface area contributed by atoms with Crippen molar-refractivity contribution >= 4 is 33.6 Å². The van der Waals surface area contributed by atoms with Gasteiger partial charge in [-0.25, -0.2) is 0 Å². The molecule has 0 N–H and O–H groups in total. The highest BCUT2D eigenvalue weighted by Gasteiger charge is 2.53. The summed E-state index contributed by atoms with van der Waals surface area (Å²) in [6.07, 6.45) is 17.7. The zero-order valence-electron chi connectivity index (χ0n) is 57.3. The molecule has 0 amide bonds. The first-order valence-electron chi connectivity index (χ1n) is 33.3. The molecule has 10 nitrogen and oxygen atoms in total. The fourth-order valence-electron chi connectivity index (χ4n) is 14.2. The van der Waals surface area contributed by atoms with Crippen molar-refractivity contribution in [3.63, 3.8) is 0 Å². The van der Waals surface area contributed by atoms with Crippen molar-refractivity contribution in [2.45, 2.75) is 24.7 Å². The Morgan fingerprint density at radius 1 is 0.350 bits per heavy atom. The average molecular weight is 1310 g/mol. The molecule has 0 saturated heterocycles. The first-order valence-corrected chi connectivity index (χ1v) is 33.3. The molecule has 100 heavy (non-hydrogen) atoms. The standard InChI is InChI=1S/C90H76N2O8/c1-93-70-15-13-14-60(20-37-70)82(61-21-38-71(94-2)39-22-61)56-91(57-83(62-23-40-72(95-3)41-24-62)63-25-42-73(96-4)43-26-63)68-35-52-80-78-16-9-11-18-86(78)90(88(80)54-68)87-19-12-10-17-79(87)81-53-36-69(55-89(81)90)92(58-84(64-27-44-74(97-5)45-28-64)65-29-46-75(98-6)47-30-65)59-85(66-31-48-76(99-7)49-32-66)67-33-50-77(100-8)51-34-67/h9-12,16-34,36-51,53-59H,14,35,52H2,1-8H3/b82-56+. The first kappa shape index (κ1) is 65.0. The van der Waals surface area contributed by atoms with Gasteiger partial charge in [0.05, 0.1) is 62.3 Å². The van der Waals surface area contributed by atoms with Crippen molar-refractivity contribution in [2.75, 3.05) is 61.8 Å². The Morgan fingerprint density at radius 2 is 0.710 bits per heavy atom. The van der Waals surface area contributed by atoms with Gasteiger partial charge in [-0.15, -0.1) is 0 Å². The smallest absolute Gasteiger partial charge is 0.169 e. The fourth-order valence-corrected chi connectivity index (χ4v) is 14.2. The number of hydrogen-bond donors (Lipinski definition) is 0. The summed E-state index contributed by atoms with van der Waals surface area (Å²) in [5, 5.41) is 0. The van der Waals surface area contributed by atoms with Gasteiger partial charge in [-0.05, 0) is 217 Å². The summed E-state index contributed by atoms with van der Waals surface area (Å²) in [4.78, 5) is 4.68. The van der Waals surface area contributed by atoms with Crippen LogP contribution in [0.15, 0.2) is 302 Å². The van der Waals surface area contributed by atoms with Crippen LogP contribution in [0.1, 0.15) is 80.5 Å². The van der Waals surface area contributed by atoms with E-state index < -0.39 is 5.41 Å². The third-order valence-corrected chi connectivity index (χ3v) is 19.4. The van der Waals surface area contributed by atoms with Gasteiger partial charge in [-0.2, -0.15) is 0 Å². The number of hydrogen-bond acceptors (Lipinski definition) is 10. The maximum atomic E-state index is 5.76. The largest absolute Gasteiger partial charge is 0.497 e. The molecule has 494 valence electrons. The van der Waals surface area contributed by atoms with E-state index in [0.29, 0.717) is 18.6 Å². The molecule has 0 radical (unpaired) electrons. The molecule has 4 aliphatic rings. The lowest BCUT2D eigenvalue weighted by Crippen LogP contribution is -2.28. The summed E-state index contributed by atoms with van der Waals surface area (Å²) < 4.78 is 46.0. The monoisotopic (exact) mass is 1310 g/mol. The van der Waals surface area contributed by atoms with Gasteiger partial charge in [0.25, 0.3) is 0 Å². The van der Waals surface area contributed by atoms with Gasteiger partial charge in [0, 0.05) is 64.9 Å². The molecule has 0 aromatic heterocycles. The zero-order chi connectivity index (χ0) is 68.7. The molecule has 0 heterocycles. The molecule has 4 aliphatic carbocycles. The highest BCUT2D eigenvalue weighted by atomic mass is 16.5. The summed E-state index contributed by atoms with van der Waals surface area (Å²) in [6, 6.07) is 83.2. The highest BCUT2D eigenvalue weighted by Crippen LogP contribution is 2.64. The molecule has 10 heteroatoms. The predicted molar refractivity (Wildman–Crippen MR) is 402 cm³/mol. The number of rotatable bonds is 22. The molecule has 10 aromatic rings. The molecule has 1 spiro atoms. The van der Waals surface area contributed by atoms with Crippen LogP contribution in [-0.2, 0) is 10.2 Å². The van der Waals surface area contributed by atoms with E-state index in [4.69, 9.17) is 37.9 Å². The molecule has 1 atom stereocenters. The number of nitrogens with zero attached hydrogens (tertiary/aromatic N) is 2. The van der Waals surface area contributed by atoms with Crippen molar-refractivity contribution in [2.24, 2.45) is 0 Å². The maximum absolute atomic E-state index is 5.76. The Labute approximate surface area is 586 Å². The van der Waals surface area contributed by atoms with Gasteiger partial charge in [-0.3, -0.25) is 0 Å². The van der Waals surface area contributed by atoms with Crippen LogP contribution in [-0.4, -0.2) is 61.8 Å². The van der Waals surface area contributed by atoms with Gasteiger partial charge in [0.2, 0.25) is 0 Å². The van der Waals surface area contributed by atoms with Crippen molar-refractivity contribution in [1.29, 1.82) is 0 Å². The second-order valence-electron chi connectivity index (χ2n) is 24.6. The minimum Gasteiger partial charge on any atom is -0.497 e. The SMILES string of the molecule is COC1=CC=C(/C(=C\N(C=C(c2ccc(OC)cc2)c2ccc(OC)cc2)C2=CC3=C(CC2)c2ccccc2C32c3ccccc3-c3ccc(N(C=C(c4ccc(OC)cc4)c4ccc(OC)cc4)C=C(c4ccc(OC)cc4)c4ccc(OC)cc4)cc32)c2ccc(OC)cc2)CC#C1. The quantitative estimate of drug-likeness (QED) is 0.0612. The molecule has 0 bridgehead atoms. The normalized spacial score (nSPS) is 14.5. The third-order valence-electron chi connectivity index (χ3n) is 19.4. The van der Waals surface area contributed by atoms with E-state index in [1.807, 2.05) is 91.0 Å². The van der Waals surface area contributed by atoms with Gasteiger partial charge in [-0.1, -0.05) is 152 Å². The summed E-state index contributed by atoms with van der Waals surface area (Å²) in [7, 11) is 13.6. The van der Waals surface area contributed by atoms with E-state index in [-0.39, 0.29) is 0 Å². The highest BCUT2D eigenvalue weighted by molar-refractivity contribution is 5.98. The maximum Gasteiger partial charge on any atom is 0.169 e.